The Kier molecular flexibility index (Phi) is 7.14. The Morgan fingerprint density at radius 1 is 1.14 bits per heavy atom. The van der Waals surface area contributed by atoms with Crippen LogP contribution in [-0.2, 0) is 11.2 Å². The van der Waals surface area contributed by atoms with Gasteiger partial charge in [0.2, 0.25) is 5.91 Å². The van der Waals surface area contributed by atoms with E-state index in [2.05, 4.69) is 55.5 Å². The van der Waals surface area contributed by atoms with E-state index in [1.807, 2.05) is 19.1 Å². The number of hydrogen-bond donors (Lipinski definition) is 1. The Morgan fingerprint density at radius 2 is 1.68 bits per heavy atom. The lowest BCUT2D eigenvalue weighted by molar-refractivity contribution is -0.136. The smallest absolute Gasteiger partial charge is 0.225 e. The number of hydrogen-bond acceptors (Lipinski definition) is 3. The number of likely N-dealkylation sites (tertiary alicyclic amines) is 2. The van der Waals surface area contributed by atoms with Crippen molar-refractivity contribution in [1.29, 1.82) is 0 Å². The first-order valence-corrected chi connectivity index (χ1v) is 11.9. The van der Waals surface area contributed by atoms with Crippen molar-refractivity contribution in [3.8, 4) is 5.75 Å². The van der Waals surface area contributed by atoms with Crippen molar-refractivity contribution >= 4 is 37.8 Å². The highest BCUT2D eigenvalue weighted by Crippen LogP contribution is 2.35. The molecule has 2 heterocycles. The van der Waals surface area contributed by atoms with E-state index in [0.717, 1.165) is 31.5 Å². The lowest BCUT2D eigenvalue weighted by Gasteiger charge is -2.44. The molecule has 1 aromatic rings. The van der Waals surface area contributed by atoms with Gasteiger partial charge in [0.05, 0.1) is 8.95 Å². The fourth-order valence-electron chi connectivity index (χ4n) is 4.43. The number of rotatable bonds is 4. The molecule has 156 valence electrons. The summed E-state index contributed by atoms with van der Waals surface area (Å²) in [5.74, 6) is 0.389. The maximum absolute atomic E-state index is 12.9. The summed E-state index contributed by atoms with van der Waals surface area (Å²) < 4.78 is 1.31. The Balaban J connectivity index is 1.51. The molecule has 2 aliphatic rings. The third kappa shape index (κ3) is 5.31. The molecule has 3 rings (SSSR count). The van der Waals surface area contributed by atoms with Crippen LogP contribution in [0.15, 0.2) is 21.1 Å². The molecule has 0 aromatic heterocycles. The van der Waals surface area contributed by atoms with E-state index in [4.69, 9.17) is 0 Å². The molecule has 1 amide bonds. The van der Waals surface area contributed by atoms with Crippen molar-refractivity contribution in [3.63, 3.8) is 0 Å². The highest BCUT2D eigenvalue weighted by Gasteiger charge is 2.32. The molecule has 0 spiro atoms. The van der Waals surface area contributed by atoms with Crippen LogP contribution >= 0.6 is 31.9 Å². The van der Waals surface area contributed by atoms with E-state index < -0.39 is 0 Å². The maximum Gasteiger partial charge on any atom is 0.225 e. The number of halogens is 2. The van der Waals surface area contributed by atoms with Gasteiger partial charge in [-0.1, -0.05) is 20.8 Å². The fraction of sp³-hybridized carbons (Fsp3) is 0.682. The second-order valence-electron chi connectivity index (χ2n) is 9.27. The number of phenols is 1. The van der Waals surface area contributed by atoms with Crippen LogP contribution in [0.1, 0.15) is 52.0 Å². The first-order chi connectivity index (χ1) is 13.2. The third-order valence-electron chi connectivity index (χ3n) is 6.48. The van der Waals surface area contributed by atoms with Gasteiger partial charge in [-0.3, -0.25) is 4.79 Å². The molecule has 2 saturated heterocycles. The number of piperidine rings is 2. The summed E-state index contributed by atoms with van der Waals surface area (Å²) in [6, 6.07) is 4.43. The van der Waals surface area contributed by atoms with Crippen molar-refractivity contribution in [1.82, 2.24) is 9.80 Å². The summed E-state index contributed by atoms with van der Waals surface area (Å²) >= 11 is 6.74. The Labute approximate surface area is 185 Å². The predicted octanol–water partition coefficient (Wildman–Crippen LogP) is 5.21. The van der Waals surface area contributed by atoms with Gasteiger partial charge in [-0.15, -0.1) is 0 Å². The first-order valence-electron chi connectivity index (χ1n) is 10.4. The van der Waals surface area contributed by atoms with Crippen LogP contribution in [0.25, 0.3) is 0 Å². The molecule has 6 heteroatoms. The second-order valence-corrected chi connectivity index (χ2v) is 11.0. The molecule has 0 unspecified atom stereocenters. The van der Waals surface area contributed by atoms with Gasteiger partial charge in [0.15, 0.2) is 0 Å². The van der Waals surface area contributed by atoms with Gasteiger partial charge in [0.1, 0.15) is 5.75 Å². The lowest BCUT2D eigenvalue weighted by atomic mass is 9.82. The number of benzene rings is 1. The zero-order chi connectivity index (χ0) is 20.5. The summed E-state index contributed by atoms with van der Waals surface area (Å²) in [6.45, 7) is 10.9. The highest BCUT2D eigenvalue weighted by molar-refractivity contribution is 9.11. The average molecular weight is 516 g/mol. The van der Waals surface area contributed by atoms with Gasteiger partial charge in [-0.2, -0.15) is 0 Å². The molecule has 0 bridgehead atoms. The van der Waals surface area contributed by atoms with Gasteiger partial charge in [0, 0.05) is 25.0 Å². The zero-order valence-corrected chi connectivity index (χ0v) is 20.4. The Hall–Kier alpha value is -0.590. The third-order valence-corrected chi connectivity index (χ3v) is 7.69. The number of amides is 1. The quantitative estimate of drug-likeness (QED) is 0.598. The molecule has 28 heavy (non-hydrogen) atoms. The Bertz CT molecular complexity index is 681. The maximum atomic E-state index is 12.9. The summed E-state index contributed by atoms with van der Waals surface area (Å²) in [5, 5.41) is 9.87. The number of carbonyl (C=O) groups excluding carboxylic acids is 1. The summed E-state index contributed by atoms with van der Waals surface area (Å²) in [4.78, 5) is 17.7. The number of aromatic hydroxyl groups is 1. The van der Waals surface area contributed by atoms with Gasteiger partial charge < -0.3 is 14.9 Å². The van der Waals surface area contributed by atoms with Crippen molar-refractivity contribution in [2.75, 3.05) is 26.2 Å². The molecule has 4 nitrogen and oxygen atoms in total. The number of phenolic OH excluding ortho intramolecular Hbond substituents is 1. The van der Waals surface area contributed by atoms with Crippen molar-refractivity contribution in [2.24, 2.45) is 11.3 Å². The van der Waals surface area contributed by atoms with Gasteiger partial charge >= 0.3 is 0 Å². The molecule has 0 aliphatic carbocycles. The topological polar surface area (TPSA) is 43.8 Å². The number of carbonyl (C=O) groups is 1. The van der Waals surface area contributed by atoms with Crippen LogP contribution in [0, 0.1) is 11.3 Å². The average Bonchev–Trinajstić information content (AvgIpc) is 2.65. The summed E-state index contributed by atoms with van der Waals surface area (Å²) in [6.07, 6.45) is 5.42. The van der Waals surface area contributed by atoms with Crippen LogP contribution in [0.4, 0.5) is 0 Å². The molecular formula is C22H32Br2N2O2. The van der Waals surface area contributed by atoms with E-state index >= 15 is 0 Å². The largest absolute Gasteiger partial charge is 0.506 e. The van der Waals surface area contributed by atoms with E-state index in [1.165, 1.54) is 25.9 Å². The van der Waals surface area contributed by atoms with Gasteiger partial charge in [-0.05, 0) is 100 Å². The SMILES string of the molecule is C[C@H](Cc1cc(Br)c(O)c(Br)c1)C(=O)N1CCC(N2CCC(C)(C)CC2)CC1. The van der Waals surface area contributed by atoms with Crippen LogP contribution in [0.2, 0.25) is 0 Å². The second kappa shape index (κ2) is 9.05. The zero-order valence-electron chi connectivity index (χ0n) is 17.2. The van der Waals surface area contributed by atoms with Crippen LogP contribution in [-0.4, -0.2) is 53.0 Å². The molecular weight excluding hydrogens is 484 g/mol. The lowest BCUT2D eigenvalue weighted by Crippen LogP contribution is -2.50. The molecule has 0 radical (unpaired) electrons. The van der Waals surface area contributed by atoms with E-state index in [0.29, 0.717) is 26.8 Å². The summed E-state index contributed by atoms with van der Waals surface area (Å²) in [5.41, 5.74) is 1.53. The first kappa shape index (κ1) is 22.1. The highest BCUT2D eigenvalue weighted by atomic mass is 79.9. The standard InChI is InChI=1S/C22H32Br2N2O2/c1-15(12-16-13-18(23)20(27)19(24)14-16)21(28)26-8-4-17(5-9-26)25-10-6-22(2,3)7-11-25/h13-15,17,27H,4-12H2,1-3H3/t15-/m1/s1. The minimum absolute atomic E-state index is 0.0596. The van der Waals surface area contributed by atoms with E-state index in [9.17, 15) is 9.90 Å². The van der Waals surface area contributed by atoms with Crippen molar-refractivity contribution in [2.45, 2.75) is 58.9 Å². The van der Waals surface area contributed by atoms with Gasteiger partial charge in [-0.25, -0.2) is 0 Å². The van der Waals surface area contributed by atoms with Gasteiger partial charge in [0.25, 0.3) is 0 Å². The van der Waals surface area contributed by atoms with Crippen molar-refractivity contribution < 1.29 is 9.90 Å². The van der Waals surface area contributed by atoms with Crippen molar-refractivity contribution in [3.05, 3.63) is 26.6 Å². The van der Waals surface area contributed by atoms with E-state index in [1.54, 1.807) is 0 Å². The molecule has 1 N–H and O–H groups in total. The van der Waals surface area contributed by atoms with Crippen LogP contribution in [0.3, 0.4) is 0 Å². The van der Waals surface area contributed by atoms with Crippen LogP contribution in [0.5, 0.6) is 5.75 Å². The molecule has 1 aromatic carbocycles. The molecule has 2 fully saturated rings. The van der Waals surface area contributed by atoms with E-state index in [-0.39, 0.29) is 17.6 Å². The molecule has 0 saturated carbocycles. The predicted molar refractivity (Wildman–Crippen MR) is 121 cm³/mol. The normalized spacial score (nSPS) is 22.2. The fourth-order valence-corrected chi connectivity index (χ4v) is 5.72. The minimum atomic E-state index is -0.0596. The minimum Gasteiger partial charge on any atom is -0.506 e. The monoisotopic (exact) mass is 514 g/mol. The Morgan fingerprint density at radius 3 is 2.21 bits per heavy atom. The van der Waals surface area contributed by atoms with Crippen LogP contribution < -0.4 is 0 Å². The summed E-state index contributed by atoms with van der Waals surface area (Å²) in [7, 11) is 0. The molecule has 2 aliphatic heterocycles. The number of nitrogens with zero attached hydrogens (tertiary/aromatic N) is 2. The molecule has 1 atom stereocenters.